The van der Waals surface area contributed by atoms with Crippen LogP contribution < -0.4 is 0 Å². The Morgan fingerprint density at radius 1 is 1.24 bits per heavy atom. The third kappa shape index (κ3) is 3.75. The van der Waals surface area contributed by atoms with Crippen LogP contribution in [0.5, 0.6) is 0 Å². The van der Waals surface area contributed by atoms with E-state index in [1.54, 1.807) is 45.0 Å². The molecule has 1 aromatic carbocycles. The lowest BCUT2D eigenvalue weighted by Gasteiger charge is -2.49. The highest BCUT2D eigenvalue weighted by Crippen LogP contribution is 2.47. The number of aliphatic carboxylic acids is 1. The van der Waals surface area contributed by atoms with Crippen molar-refractivity contribution in [3.05, 3.63) is 34.9 Å². The van der Waals surface area contributed by atoms with Crippen molar-refractivity contribution in [2.24, 2.45) is 5.41 Å². The molecule has 1 amide bonds. The molecule has 0 aromatic heterocycles. The van der Waals surface area contributed by atoms with Crippen LogP contribution in [-0.2, 0) is 15.1 Å². The highest BCUT2D eigenvalue weighted by Gasteiger charge is 2.57. The van der Waals surface area contributed by atoms with Crippen molar-refractivity contribution >= 4 is 23.7 Å². The van der Waals surface area contributed by atoms with Crippen LogP contribution in [-0.4, -0.2) is 45.9 Å². The summed E-state index contributed by atoms with van der Waals surface area (Å²) in [6.45, 7) is 6.72. The van der Waals surface area contributed by atoms with Crippen molar-refractivity contribution in [1.82, 2.24) is 4.90 Å². The summed E-state index contributed by atoms with van der Waals surface area (Å²) in [6, 6.07) is 6.45. The van der Waals surface area contributed by atoms with Gasteiger partial charge in [0, 0.05) is 18.1 Å². The smallest absolute Gasteiger partial charge is 0.410 e. The van der Waals surface area contributed by atoms with Gasteiger partial charge in [-0.25, -0.2) is 4.79 Å². The molecule has 0 bridgehead atoms. The monoisotopic (exact) mass is 369 g/mol. The lowest BCUT2D eigenvalue weighted by atomic mass is 9.65. The summed E-state index contributed by atoms with van der Waals surface area (Å²) >= 11 is 5.89. The van der Waals surface area contributed by atoms with E-state index in [1.165, 1.54) is 11.8 Å². The Balaban J connectivity index is 2.35. The average Bonchev–Trinajstić information content (AvgIpc) is 2.48. The third-order valence-electron chi connectivity index (χ3n) is 4.61. The number of nitrogens with zero attached hydrogens (tertiary/aromatic N) is 1. The highest BCUT2D eigenvalue weighted by molar-refractivity contribution is 6.30. The second-order valence-corrected chi connectivity index (χ2v) is 8.09. The minimum absolute atomic E-state index is 0.0800. The maximum Gasteiger partial charge on any atom is 0.410 e. The van der Waals surface area contributed by atoms with Crippen molar-refractivity contribution in [3.8, 4) is 0 Å². The molecule has 6 nitrogen and oxygen atoms in total. The van der Waals surface area contributed by atoms with Gasteiger partial charge in [-0.3, -0.25) is 4.79 Å². The van der Waals surface area contributed by atoms with E-state index in [-0.39, 0.29) is 19.5 Å². The average molecular weight is 370 g/mol. The van der Waals surface area contributed by atoms with E-state index < -0.39 is 28.7 Å². The zero-order valence-corrected chi connectivity index (χ0v) is 15.6. The minimum Gasteiger partial charge on any atom is -0.481 e. The molecular weight excluding hydrogens is 346 g/mol. The molecule has 1 saturated heterocycles. The number of carbonyl (C=O) groups is 2. The van der Waals surface area contributed by atoms with Crippen molar-refractivity contribution in [2.45, 2.75) is 45.3 Å². The molecule has 2 atom stereocenters. The molecule has 0 aliphatic carbocycles. The molecular formula is C18H24ClNO5. The number of hydrogen-bond donors (Lipinski definition) is 2. The van der Waals surface area contributed by atoms with Gasteiger partial charge in [0.1, 0.15) is 16.6 Å². The van der Waals surface area contributed by atoms with Gasteiger partial charge < -0.3 is 19.8 Å². The first-order valence-electron chi connectivity index (χ1n) is 8.09. The Labute approximate surface area is 152 Å². The zero-order valence-electron chi connectivity index (χ0n) is 14.9. The van der Waals surface area contributed by atoms with Crippen LogP contribution in [0, 0.1) is 5.41 Å². The summed E-state index contributed by atoms with van der Waals surface area (Å²) in [7, 11) is 0. The van der Waals surface area contributed by atoms with E-state index in [9.17, 15) is 19.8 Å². The molecule has 1 fully saturated rings. The first kappa shape index (κ1) is 19.5. The Morgan fingerprint density at radius 2 is 1.80 bits per heavy atom. The van der Waals surface area contributed by atoms with E-state index in [4.69, 9.17) is 16.3 Å². The topological polar surface area (TPSA) is 87.1 Å². The van der Waals surface area contributed by atoms with Gasteiger partial charge in [0.2, 0.25) is 0 Å². The van der Waals surface area contributed by atoms with Gasteiger partial charge in [-0.1, -0.05) is 23.7 Å². The highest BCUT2D eigenvalue weighted by atomic mass is 35.5. The molecule has 2 rings (SSSR count). The summed E-state index contributed by atoms with van der Waals surface area (Å²) in [5.74, 6) is -1.18. The second-order valence-electron chi connectivity index (χ2n) is 7.66. The molecule has 0 saturated carbocycles. The fourth-order valence-electron chi connectivity index (χ4n) is 3.08. The minimum atomic E-state index is -1.62. The zero-order chi connectivity index (χ0) is 19.0. The fraction of sp³-hybridized carbons (Fsp3) is 0.556. The van der Waals surface area contributed by atoms with Crippen molar-refractivity contribution < 1.29 is 24.5 Å². The summed E-state index contributed by atoms with van der Waals surface area (Å²) < 4.78 is 5.33. The molecule has 1 aliphatic heterocycles. The van der Waals surface area contributed by atoms with Gasteiger partial charge in [-0.2, -0.15) is 0 Å². The van der Waals surface area contributed by atoms with Crippen LogP contribution >= 0.6 is 11.6 Å². The Kier molecular flexibility index (Phi) is 5.08. The predicted molar refractivity (Wildman–Crippen MR) is 93.5 cm³/mol. The molecule has 1 aromatic rings. The quantitative estimate of drug-likeness (QED) is 0.835. The Bertz CT molecular complexity index is 669. The van der Waals surface area contributed by atoms with Crippen molar-refractivity contribution in [3.63, 3.8) is 0 Å². The molecule has 1 heterocycles. The molecule has 2 N–H and O–H groups in total. The van der Waals surface area contributed by atoms with E-state index >= 15 is 0 Å². The maximum atomic E-state index is 12.3. The molecule has 138 valence electrons. The van der Waals surface area contributed by atoms with Crippen molar-refractivity contribution in [2.75, 3.05) is 13.1 Å². The maximum absolute atomic E-state index is 12.3. The van der Waals surface area contributed by atoms with Crippen LogP contribution in [0.3, 0.4) is 0 Å². The SMILES string of the molecule is CC(C)(C)OC(=O)N1CCC(O)(c2ccc(Cl)cc2)C(C)(C(=O)O)C1. The van der Waals surface area contributed by atoms with Crippen LogP contribution in [0.2, 0.25) is 5.02 Å². The predicted octanol–water partition coefficient (Wildman–Crippen LogP) is 3.26. The van der Waals surface area contributed by atoms with E-state index in [0.29, 0.717) is 10.6 Å². The van der Waals surface area contributed by atoms with E-state index in [2.05, 4.69) is 0 Å². The largest absolute Gasteiger partial charge is 0.481 e. The molecule has 0 radical (unpaired) electrons. The Morgan fingerprint density at radius 3 is 2.28 bits per heavy atom. The van der Waals surface area contributed by atoms with Crippen LogP contribution in [0.15, 0.2) is 24.3 Å². The van der Waals surface area contributed by atoms with Gasteiger partial charge in [0.25, 0.3) is 0 Å². The van der Waals surface area contributed by atoms with Gasteiger partial charge in [0.15, 0.2) is 0 Å². The number of aliphatic hydroxyl groups is 1. The number of piperidine rings is 1. The summed E-state index contributed by atoms with van der Waals surface area (Å²) in [4.78, 5) is 25.7. The standard InChI is InChI=1S/C18H24ClNO5/c1-16(2,3)25-15(23)20-10-9-18(24,17(4,11-20)14(21)22)12-5-7-13(19)8-6-12/h5-8,24H,9-11H2,1-4H3,(H,21,22). The number of carbonyl (C=O) groups excluding carboxylic acids is 1. The number of rotatable bonds is 2. The van der Waals surface area contributed by atoms with Crippen LogP contribution in [0.1, 0.15) is 39.7 Å². The number of benzene rings is 1. The number of ether oxygens (including phenoxy) is 1. The number of hydrogen-bond acceptors (Lipinski definition) is 4. The van der Waals surface area contributed by atoms with Gasteiger partial charge in [-0.15, -0.1) is 0 Å². The second kappa shape index (κ2) is 6.50. The molecule has 25 heavy (non-hydrogen) atoms. The van der Waals surface area contributed by atoms with Gasteiger partial charge in [0.05, 0.1) is 0 Å². The summed E-state index contributed by atoms with van der Waals surface area (Å²) in [6.07, 6.45) is -0.505. The van der Waals surface area contributed by atoms with Gasteiger partial charge >= 0.3 is 12.1 Å². The number of amides is 1. The first-order chi connectivity index (χ1) is 11.4. The summed E-state index contributed by atoms with van der Waals surface area (Å²) in [5, 5.41) is 21.6. The Hall–Kier alpha value is -1.79. The lowest BCUT2D eigenvalue weighted by molar-refractivity contribution is -0.181. The summed E-state index contributed by atoms with van der Waals surface area (Å²) in [5.41, 5.74) is -3.43. The van der Waals surface area contributed by atoms with Crippen LogP contribution in [0.4, 0.5) is 4.79 Å². The lowest BCUT2D eigenvalue weighted by Crippen LogP contribution is -2.61. The third-order valence-corrected chi connectivity index (χ3v) is 4.86. The van der Waals surface area contributed by atoms with Crippen LogP contribution in [0.25, 0.3) is 0 Å². The molecule has 2 unspecified atom stereocenters. The molecule has 7 heteroatoms. The normalized spacial score (nSPS) is 27.0. The number of halogens is 1. The molecule has 0 spiro atoms. The van der Waals surface area contributed by atoms with E-state index in [1.807, 2.05) is 0 Å². The number of likely N-dealkylation sites (tertiary alicyclic amines) is 1. The van der Waals surface area contributed by atoms with Gasteiger partial charge in [-0.05, 0) is 51.8 Å². The van der Waals surface area contributed by atoms with Crippen molar-refractivity contribution in [1.29, 1.82) is 0 Å². The number of carboxylic acid groups (broad SMARTS) is 1. The van der Waals surface area contributed by atoms with E-state index in [0.717, 1.165) is 0 Å². The number of carboxylic acids is 1. The first-order valence-corrected chi connectivity index (χ1v) is 8.47. The molecule has 1 aliphatic rings. The fourth-order valence-corrected chi connectivity index (χ4v) is 3.21.